The molecular formula is C24H26N4O3. The van der Waals surface area contributed by atoms with Gasteiger partial charge in [0, 0.05) is 17.5 Å². The summed E-state index contributed by atoms with van der Waals surface area (Å²) < 4.78 is 12.4. The fourth-order valence-corrected chi connectivity index (χ4v) is 3.64. The second kappa shape index (κ2) is 9.06. The van der Waals surface area contributed by atoms with Crippen LogP contribution in [0.3, 0.4) is 0 Å². The van der Waals surface area contributed by atoms with E-state index in [4.69, 9.17) is 9.47 Å². The van der Waals surface area contributed by atoms with Crippen LogP contribution in [0.4, 0.5) is 0 Å². The van der Waals surface area contributed by atoms with E-state index in [1.165, 1.54) is 0 Å². The molecule has 0 saturated carbocycles. The van der Waals surface area contributed by atoms with Crippen molar-refractivity contribution in [1.82, 2.24) is 20.1 Å². The average Bonchev–Trinajstić information content (AvgIpc) is 3.12. The lowest BCUT2D eigenvalue weighted by atomic mass is 10.1. The molecule has 0 aliphatic heterocycles. The van der Waals surface area contributed by atoms with Crippen molar-refractivity contribution in [1.29, 1.82) is 0 Å². The van der Waals surface area contributed by atoms with Crippen molar-refractivity contribution in [2.45, 2.75) is 19.9 Å². The monoisotopic (exact) mass is 418 g/mol. The first-order valence-corrected chi connectivity index (χ1v) is 10.2. The number of aromatic amines is 1. The second-order valence-electron chi connectivity index (χ2n) is 7.33. The van der Waals surface area contributed by atoms with E-state index in [2.05, 4.69) is 15.4 Å². The number of nitrogens with zero attached hydrogens (tertiary/aromatic N) is 2. The van der Waals surface area contributed by atoms with Crippen molar-refractivity contribution in [3.63, 3.8) is 0 Å². The van der Waals surface area contributed by atoms with Crippen LogP contribution in [-0.4, -0.2) is 35.5 Å². The topological polar surface area (TPSA) is 81.2 Å². The first kappa shape index (κ1) is 20.7. The van der Waals surface area contributed by atoms with Gasteiger partial charge in [-0.3, -0.25) is 4.79 Å². The van der Waals surface area contributed by atoms with Crippen molar-refractivity contribution < 1.29 is 9.47 Å². The van der Waals surface area contributed by atoms with Crippen LogP contribution in [0.25, 0.3) is 16.7 Å². The van der Waals surface area contributed by atoms with Gasteiger partial charge >= 0.3 is 0 Å². The molecule has 31 heavy (non-hydrogen) atoms. The molecule has 4 aromatic rings. The van der Waals surface area contributed by atoms with E-state index in [0.717, 1.165) is 35.3 Å². The molecule has 0 aliphatic rings. The summed E-state index contributed by atoms with van der Waals surface area (Å²) in [5.74, 6) is 1.43. The standard InChI is InChI=1S/C24H26N4O3/c1-16-20-14-18(15-25-12-11-17-9-10-21(30-2)22(13-17)31-3)24(29)26-23(20)28(27-16)19-7-5-4-6-8-19/h4-10,13-14,25H,11-12,15H2,1-3H3,(H,26,29). The molecule has 2 heterocycles. The Morgan fingerprint density at radius 3 is 2.55 bits per heavy atom. The van der Waals surface area contributed by atoms with Crippen molar-refractivity contribution in [2.75, 3.05) is 20.8 Å². The Kier molecular flexibility index (Phi) is 6.04. The number of H-pyrrole nitrogens is 1. The predicted octanol–water partition coefficient (Wildman–Crippen LogP) is 3.37. The third kappa shape index (κ3) is 4.32. The highest BCUT2D eigenvalue weighted by molar-refractivity contribution is 5.80. The van der Waals surface area contributed by atoms with Crippen molar-refractivity contribution >= 4 is 11.0 Å². The highest BCUT2D eigenvalue weighted by atomic mass is 16.5. The maximum Gasteiger partial charge on any atom is 0.254 e. The molecule has 7 nitrogen and oxygen atoms in total. The van der Waals surface area contributed by atoms with Gasteiger partial charge in [-0.15, -0.1) is 0 Å². The van der Waals surface area contributed by atoms with Crippen LogP contribution in [0.15, 0.2) is 59.4 Å². The van der Waals surface area contributed by atoms with Gasteiger partial charge in [-0.25, -0.2) is 4.68 Å². The number of pyridine rings is 1. The zero-order valence-electron chi connectivity index (χ0n) is 17.9. The summed E-state index contributed by atoms with van der Waals surface area (Å²) in [4.78, 5) is 15.7. The summed E-state index contributed by atoms with van der Waals surface area (Å²) in [6.07, 6.45) is 0.811. The molecule has 2 N–H and O–H groups in total. The Bertz CT molecular complexity index is 1250. The van der Waals surface area contributed by atoms with E-state index in [9.17, 15) is 4.79 Å². The number of para-hydroxylation sites is 1. The molecule has 0 bridgehead atoms. The van der Waals surface area contributed by atoms with Crippen LogP contribution in [0.1, 0.15) is 16.8 Å². The first-order valence-electron chi connectivity index (χ1n) is 10.2. The van der Waals surface area contributed by atoms with E-state index >= 15 is 0 Å². The van der Waals surface area contributed by atoms with Gasteiger partial charge in [0.2, 0.25) is 0 Å². The summed E-state index contributed by atoms with van der Waals surface area (Å²) in [6, 6.07) is 17.6. The maximum atomic E-state index is 12.7. The fraction of sp³-hybridized carbons (Fsp3) is 0.250. The largest absolute Gasteiger partial charge is 0.493 e. The van der Waals surface area contributed by atoms with Gasteiger partial charge in [0.1, 0.15) is 5.65 Å². The predicted molar refractivity (Wildman–Crippen MR) is 121 cm³/mol. The van der Waals surface area contributed by atoms with E-state index in [-0.39, 0.29) is 5.56 Å². The number of hydrogen-bond acceptors (Lipinski definition) is 5. The van der Waals surface area contributed by atoms with Gasteiger partial charge in [0.05, 0.1) is 25.6 Å². The van der Waals surface area contributed by atoms with Crippen molar-refractivity contribution in [3.8, 4) is 17.2 Å². The highest BCUT2D eigenvalue weighted by Crippen LogP contribution is 2.27. The SMILES string of the molecule is COc1ccc(CCNCc2cc3c(C)nn(-c4ccccc4)c3[nH]c2=O)cc1OC. The lowest BCUT2D eigenvalue weighted by molar-refractivity contribution is 0.354. The van der Waals surface area contributed by atoms with Gasteiger partial charge in [-0.2, -0.15) is 5.10 Å². The number of rotatable bonds is 8. The van der Waals surface area contributed by atoms with Crippen LogP contribution in [0, 0.1) is 6.92 Å². The van der Waals surface area contributed by atoms with E-state index < -0.39 is 0 Å². The summed E-state index contributed by atoms with van der Waals surface area (Å²) in [7, 11) is 3.25. The number of aryl methyl sites for hydroxylation is 1. The molecule has 0 saturated heterocycles. The zero-order chi connectivity index (χ0) is 21.8. The van der Waals surface area contributed by atoms with Crippen molar-refractivity contribution in [2.24, 2.45) is 0 Å². The van der Waals surface area contributed by atoms with E-state index in [0.29, 0.717) is 29.3 Å². The molecule has 160 valence electrons. The summed E-state index contributed by atoms with van der Waals surface area (Å²) in [5.41, 5.74) is 4.22. The molecule has 0 radical (unpaired) electrons. The summed E-state index contributed by atoms with van der Waals surface area (Å²) in [6.45, 7) is 3.16. The van der Waals surface area contributed by atoms with Crippen LogP contribution in [-0.2, 0) is 13.0 Å². The number of hydrogen-bond donors (Lipinski definition) is 2. The summed E-state index contributed by atoms with van der Waals surface area (Å²) >= 11 is 0. The fourth-order valence-electron chi connectivity index (χ4n) is 3.64. The molecule has 0 amide bonds. The van der Waals surface area contributed by atoms with Crippen LogP contribution in [0.5, 0.6) is 11.5 Å². The van der Waals surface area contributed by atoms with Gasteiger partial charge in [0.15, 0.2) is 11.5 Å². The van der Waals surface area contributed by atoms with E-state index in [1.807, 2.05) is 61.5 Å². The Morgan fingerprint density at radius 2 is 1.81 bits per heavy atom. The van der Waals surface area contributed by atoms with Crippen LogP contribution < -0.4 is 20.3 Å². The van der Waals surface area contributed by atoms with E-state index in [1.54, 1.807) is 18.9 Å². The molecule has 7 heteroatoms. The molecule has 0 fully saturated rings. The zero-order valence-corrected chi connectivity index (χ0v) is 17.9. The minimum Gasteiger partial charge on any atom is -0.493 e. The average molecular weight is 418 g/mol. The van der Waals surface area contributed by atoms with Gasteiger partial charge in [0.25, 0.3) is 5.56 Å². The number of aromatic nitrogens is 3. The number of nitrogens with one attached hydrogen (secondary N) is 2. The maximum absolute atomic E-state index is 12.7. The Labute approximate surface area is 180 Å². The highest BCUT2D eigenvalue weighted by Gasteiger charge is 2.12. The number of methoxy groups -OCH3 is 2. The van der Waals surface area contributed by atoms with Crippen LogP contribution in [0.2, 0.25) is 0 Å². The van der Waals surface area contributed by atoms with Gasteiger partial charge < -0.3 is 19.8 Å². The third-order valence-electron chi connectivity index (χ3n) is 5.30. The molecule has 0 unspecified atom stereocenters. The normalized spacial score (nSPS) is 11.1. The quantitative estimate of drug-likeness (QED) is 0.429. The molecule has 0 spiro atoms. The summed E-state index contributed by atoms with van der Waals surface area (Å²) in [5, 5.41) is 8.92. The third-order valence-corrected chi connectivity index (χ3v) is 5.30. The first-order chi connectivity index (χ1) is 15.1. The molecule has 0 atom stereocenters. The Balaban J connectivity index is 1.46. The van der Waals surface area contributed by atoms with Gasteiger partial charge in [-0.1, -0.05) is 24.3 Å². The minimum atomic E-state index is -0.108. The number of fused-ring (bicyclic) bond motifs is 1. The Morgan fingerprint density at radius 1 is 1.03 bits per heavy atom. The number of benzene rings is 2. The molecule has 0 aliphatic carbocycles. The smallest absolute Gasteiger partial charge is 0.254 e. The van der Waals surface area contributed by atoms with Gasteiger partial charge in [-0.05, 0) is 55.8 Å². The lowest BCUT2D eigenvalue weighted by Crippen LogP contribution is -2.23. The molecule has 2 aromatic carbocycles. The lowest BCUT2D eigenvalue weighted by Gasteiger charge is -2.10. The van der Waals surface area contributed by atoms with Crippen molar-refractivity contribution in [3.05, 3.63) is 81.8 Å². The molecular weight excluding hydrogens is 392 g/mol. The van der Waals surface area contributed by atoms with Crippen LogP contribution >= 0.6 is 0 Å². The minimum absolute atomic E-state index is 0.108. The second-order valence-corrected chi connectivity index (χ2v) is 7.33. The number of ether oxygens (including phenoxy) is 2. The molecule has 4 rings (SSSR count). The Hall–Kier alpha value is -3.58. The molecule has 2 aromatic heterocycles.